The minimum atomic E-state index is -0.384. The zero-order valence-electron chi connectivity index (χ0n) is 11.4. The van der Waals surface area contributed by atoms with Crippen LogP contribution in [0.15, 0.2) is 18.2 Å². The molecular formula is C14H20N2OS. The highest BCUT2D eigenvalue weighted by atomic mass is 32.1. The van der Waals surface area contributed by atoms with Gasteiger partial charge in [0.15, 0.2) is 0 Å². The summed E-state index contributed by atoms with van der Waals surface area (Å²) in [6, 6.07) is 6.00. The third-order valence-electron chi connectivity index (χ3n) is 3.09. The summed E-state index contributed by atoms with van der Waals surface area (Å²) in [6.45, 7) is 5.94. The Labute approximate surface area is 114 Å². The van der Waals surface area contributed by atoms with Crippen LogP contribution >= 0.6 is 12.2 Å². The molecule has 1 atom stereocenters. The van der Waals surface area contributed by atoms with Gasteiger partial charge in [-0.1, -0.05) is 36.8 Å². The van der Waals surface area contributed by atoms with Crippen LogP contribution in [-0.4, -0.2) is 17.9 Å². The van der Waals surface area contributed by atoms with Crippen LogP contribution in [-0.2, 0) is 4.79 Å². The summed E-state index contributed by atoms with van der Waals surface area (Å²) in [6.07, 6.45) is 0.628. The first-order valence-corrected chi connectivity index (χ1v) is 6.43. The van der Waals surface area contributed by atoms with Gasteiger partial charge in [0.05, 0.1) is 10.9 Å². The van der Waals surface area contributed by atoms with E-state index in [1.807, 2.05) is 32.9 Å². The molecule has 1 aromatic carbocycles. The Morgan fingerprint density at radius 1 is 1.44 bits per heavy atom. The summed E-state index contributed by atoms with van der Waals surface area (Å²) < 4.78 is 0. The number of aryl methyl sites for hydroxylation is 2. The Hall–Kier alpha value is -1.42. The highest BCUT2D eigenvalue weighted by Gasteiger charge is 2.24. The van der Waals surface area contributed by atoms with Crippen molar-refractivity contribution >= 4 is 28.8 Å². The third-order valence-corrected chi connectivity index (χ3v) is 3.38. The van der Waals surface area contributed by atoms with Crippen LogP contribution in [0.3, 0.4) is 0 Å². The molecule has 0 saturated carbocycles. The molecule has 0 aliphatic carbocycles. The van der Waals surface area contributed by atoms with Crippen molar-refractivity contribution in [1.82, 2.24) is 0 Å². The van der Waals surface area contributed by atoms with E-state index in [0.717, 1.165) is 11.3 Å². The van der Waals surface area contributed by atoms with Crippen molar-refractivity contribution in [3.05, 3.63) is 29.3 Å². The Morgan fingerprint density at radius 2 is 2.06 bits per heavy atom. The fraction of sp³-hybridized carbons (Fsp3) is 0.429. The summed E-state index contributed by atoms with van der Waals surface area (Å²) in [7, 11) is 1.76. The molecule has 1 rings (SSSR count). The topological polar surface area (TPSA) is 46.3 Å². The number of nitrogens with zero attached hydrogens (tertiary/aromatic N) is 1. The van der Waals surface area contributed by atoms with Gasteiger partial charge in [0, 0.05) is 12.7 Å². The van der Waals surface area contributed by atoms with Crippen LogP contribution in [0.1, 0.15) is 24.5 Å². The molecule has 98 valence electrons. The molecule has 0 spiro atoms. The monoisotopic (exact) mass is 264 g/mol. The Balaban J connectivity index is 3.02. The minimum Gasteiger partial charge on any atom is -0.393 e. The Kier molecular flexibility index (Phi) is 4.84. The number of carbonyl (C=O) groups is 1. The number of rotatable bonds is 4. The second kappa shape index (κ2) is 5.96. The number of thiocarbonyl (C=S) groups is 1. The number of carbonyl (C=O) groups excluding carboxylic acids is 1. The standard InChI is InChI=1S/C14H20N2OS/c1-5-11(13(15)18)14(17)16(4)12-7-6-9(2)8-10(12)3/h6-8,11H,5H2,1-4H3,(H2,15,18). The summed E-state index contributed by atoms with van der Waals surface area (Å²) in [4.78, 5) is 14.2. The highest BCUT2D eigenvalue weighted by Crippen LogP contribution is 2.22. The number of hydrogen-bond donors (Lipinski definition) is 1. The predicted molar refractivity (Wildman–Crippen MR) is 79.9 cm³/mol. The van der Waals surface area contributed by atoms with Gasteiger partial charge in [-0.05, 0) is 31.9 Å². The van der Waals surface area contributed by atoms with E-state index in [0.29, 0.717) is 6.42 Å². The SMILES string of the molecule is CCC(C(=O)N(C)c1ccc(C)cc1C)C(N)=S. The van der Waals surface area contributed by atoms with Crippen LogP contribution in [0.4, 0.5) is 5.69 Å². The molecule has 1 amide bonds. The summed E-state index contributed by atoms with van der Waals surface area (Å²) in [5.74, 6) is -0.428. The van der Waals surface area contributed by atoms with Crippen molar-refractivity contribution in [3.8, 4) is 0 Å². The highest BCUT2D eigenvalue weighted by molar-refractivity contribution is 7.80. The lowest BCUT2D eigenvalue weighted by Crippen LogP contribution is -2.39. The lowest BCUT2D eigenvalue weighted by atomic mass is 10.0. The predicted octanol–water partition coefficient (Wildman–Crippen LogP) is 2.58. The van der Waals surface area contributed by atoms with Crippen LogP contribution in [0.5, 0.6) is 0 Å². The van der Waals surface area contributed by atoms with E-state index in [4.69, 9.17) is 18.0 Å². The molecule has 0 aromatic heterocycles. The molecule has 0 saturated heterocycles. The van der Waals surface area contributed by atoms with E-state index < -0.39 is 0 Å². The van der Waals surface area contributed by atoms with Crippen molar-refractivity contribution in [2.75, 3.05) is 11.9 Å². The number of benzene rings is 1. The molecule has 3 nitrogen and oxygen atoms in total. The molecule has 1 unspecified atom stereocenters. The van der Waals surface area contributed by atoms with Gasteiger partial charge < -0.3 is 10.6 Å². The summed E-state index contributed by atoms with van der Waals surface area (Å²) in [5, 5.41) is 0. The third kappa shape index (κ3) is 3.07. The van der Waals surface area contributed by atoms with E-state index in [-0.39, 0.29) is 16.8 Å². The van der Waals surface area contributed by atoms with Gasteiger partial charge >= 0.3 is 0 Å². The molecule has 0 radical (unpaired) electrons. The van der Waals surface area contributed by atoms with E-state index in [9.17, 15) is 4.79 Å². The van der Waals surface area contributed by atoms with E-state index in [2.05, 4.69) is 6.07 Å². The maximum atomic E-state index is 12.3. The van der Waals surface area contributed by atoms with Gasteiger partial charge in [-0.2, -0.15) is 0 Å². The van der Waals surface area contributed by atoms with Gasteiger partial charge in [0.2, 0.25) is 5.91 Å². The first-order chi connectivity index (χ1) is 8.38. The molecule has 0 heterocycles. The smallest absolute Gasteiger partial charge is 0.236 e. The first-order valence-electron chi connectivity index (χ1n) is 6.02. The molecule has 0 aliphatic rings. The Morgan fingerprint density at radius 3 is 2.50 bits per heavy atom. The average Bonchev–Trinajstić information content (AvgIpc) is 2.28. The second-order valence-electron chi connectivity index (χ2n) is 4.55. The zero-order chi connectivity index (χ0) is 13.9. The molecule has 4 heteroatoms. The normalized spacial score (nSPS) is 12.0. The first kappa shape index (κ1) is 14.6. The fourth-order valence-electron chi connectivity index (χ4n) is 2.03. The molecule has 1 aromatic rings. The number of anilines is 1. The maximum Gasteiger partial charge on any atom is 0.236 e. The number of hydrogen-bond acceptors (Lipinski definition) is 2. The maximum absolute atomic E-state index is 12.3. The van der Waals surface area contributed by atoms with Gasteiger partial charge in [0.25, 0.3) is 0 Å². The Bertz CT molecular complexity index is 471. The van der Waals surface area contributed by atoms with Crippen LogP contribution in [0.25, 0.3) is 0 Å². The van der Waals surface area contributed by atoms with Crippen LogP contribution in [0, 0.1) is 19.8 Å². The molecule has 2 N–H and O–H groups in total. The van der Waals surface area contributed by atoms with Crippen molar-refractivity contribution in [2.45, 2.75) is 27.2 Å². The van der Waals surface area contributed by atoms with Crippen molar-refractivity contribution in [2.24, 2.45) is 11.7 Å². The molecule has 0 aliphatic heterocycles. The van der Waals surface area contributed by atoms with Gasteiger partial charge in [-0.3, -0.25) is 4.79 Å². The second-order valence-corrected chi connectivity index (χ2v) is 5.02. The largest absolute Gasteiger partial charge is 0.393 e. The fourth-order valence-corrected chi connectivity index (χ4v) is 2.30. The van der Waals surface area contributed by atoms with Crippen LogP contribution < -0.4 is 10.6 Å². The van der Waals surface area contributed by atoms with Gasteiger partial charge in [-0.15, -0.1) is 0 Å². The average molecular weight is 264 g/mol. The zero-order valence-corrected chi connectivity index (χ0v) is 12.2. The van der Waals surface area contributed by atoms with Crippen molar-refractivity contribution in [3.63, 3.8) is 0 Å². The van der Waals surface area contributed by atoms with Crippen molar-refractivity contribution in [1.29, 1.82) is 0 Å². The quantitative estimate of drug-likeness (QED) is 0.850. The van der Waals surface area contributed by atoms with Crippen LogP contribution in [0.2, 0.25) is 0 Å². The summed E-state index contributed by atoms with van der Waals surface area (Å²) >= 11 is 4.95. The van der Waals surface area contributed by atoms with Crippen molar-refractivity contribution < 1.29 is 4.79 Å². The van der Waals surface area contributed by atoms with E-state index >= 15 is 0 Å². The number of amides is 1. The lowest BCUT2D eigenvalue weighted by Gasteiger charge is -2.24. The number of nitrogens with two attached hydrogens (primary N) is 1. The minimum absolute atomic E-state index is 0.0445. The van der Waals surface area contributed by atoms with Gasteiger partial charge in [0.1, 0.15) is 0 Å². The molecular weight excluding hydrogens is 244 g/mol. The molecule has 18 heavy (non-hydrogen) atoms. The van der Waals surface area contributed by atoms with E-state index in [1.54, 1.807) is 11.9 Å². The van der Waals surface area contributed by atoms with E-state index in [1.165, 1.54) is 5.56 Å². The lowest BCUT2D eigenvalue weighted by molar-refractivity contribution is -0.120. The molecule has 0 fully saturated rings. The summed E-state index contributed by atoms with van der Waals surface area (Å²) in [5.41, 5.74) is 8.77. The van der Waals surface area contributed by atoms with Gasteiger partial charge in [-0.25, -0.2) is 0 Å². The molecule has 0 bridgehead atoms.